The van der Waals surface area contributed by atoms with E-state index < -0.39 is 30.3 Å². The molecule has 0 bridgehead atoms. The number of ketones is 1. The predicted molar refractivity (Wildman–Crippen MR) is 57.2 cm³/mol. The second-order valence-electron chi connectivity index (χ2n) is 3.74. The molecule has 1 aromatic rings. The van der Waals surface area contributed by atoms with Gasteiger partial charge in [-0.05, 0) is 12.0 Å². The highest BCUT2D eigenvalue weighted by atomic mass is 19.3. The third kappa shape index (κ3) is 3.58. The Balaban J connectivity index is 2.84. The zero-order valence-corrected chi connectivity index (χ0v) is 9.22. The third-order valence-electron chi connectivity index (χ3n) is 2.46. The number of aliphatic carboxylic acids is 1. The summed E-state index contributed by atoms with van der Waals surface area (Å²) >= 11 is 0. The maximum atomic E-state index is 13.4. The average Bonchev–Trinajstić information content (AvgIpc) is 2.35. The molecule has 0 fully saturated rings. The minimum atomic E-state index is -3.50. The van der Waals surface area contributed by atoms with Crippen molar-refractivity contribution in [3.05, 3.63) is 35.9 Å². The zero-order chi connectivity index (χ0) is 13.7. The van der Waals surface area contributed by atoms with Gasteiger partial charge >= 0.3 is 5.97 Å². The van der Waals surface area contributed by atoms with Crippen LogP contribution in [-0.2, 0) is 16.0 Å². The molecule has 1 aromatic carbocycles. The van der Waals surface area contributed by atoms with Crippen molar-refractivity contribution in [2.24, 2.45) is 5.92 Å². The van der Waals surface area contributed by atoms with Gasteiger partial charge in [0.2, 0.25) is 5.78 Å². The number of carboxylic acid groups (broad SMARTS) is 1. The first-order valence-electron chi connectivity index (χ1n) is 5.16. The first-order valence-corrected chi connectivity index (χ1v) is 5.16. The number of carbonyl (C=O) groups excluding carboxylic acids is 1. The van der Waals surface area contributed by atoms with E-state index in [2.05, 4.69) is 0 Å². The number of carbonyl (C=O) groups is 2. The molecule has 0 aliphatic carbocycles. The van der Waals surface area contributed by atoms with Crippen molar-refractivity contribution in [3.63, 3.8) is 0 Å². The summed E-state index contributed by atoms with van der Waals surface area (Å²) in [7, 11) is 0. The number of alkyl halides is 3. The van der Waals surface area contributed by atoms with Crippen LogP contribution < -0.4 is 0 Å². The summed E-state index contributed by atoms with van der Waals surface area (Å²) in [6, 6.07) is 7.97. The SMILES string of the molecule is O=C(C(F)F)C(F)C(Cc1ccccc1)C(=O)O. The van der Waals surface area contributed by atoms with Crippen molar-refractivity contribution in [1.82, 2.24) is 0 Å². The number of halogens is 3. The Bertz CT molecular complexity index is 420. The fourth-order valence-electron chi connectivity index (χ4n) is 1.50. The molecule has 0 aliphatic heterocycles. The molecule has 0 saturated heterocycles. The van der Waals surface area contributed by atoms with Crippen molar-refractivity contribution in [2.75, 3.05) is 0 Å². The van der Waals surface area contributed by atoms with E-state index in [1.165, 1.54) is 12.1 Å². The highest BCUT2D eigenvalue weighted by Gasteiger charge is 2.37. The minimum absolute atomic E-state index is 0.310. The molecule has 0 aliphatic rings. The predicted octanol–water partition coefficient (Wildman–Crippen LogP) is 2.10. The van der Waals surface area contributed by atoms with Crippen LogP contribution in [0, 0.1) is 5.92 Å². The standard InChI is InChI=1S/C12H11F3O3/c13-9(10(16)11(14)15)8(12(17)18)6-7-4-2-1-3-5-7/h1-5,8-9,11H,6H2,(H,17,18). The lowest BCUT2D eigenvalue weighted by Crippen LogP contribution is -2.36. The Hall–Kier alpha value is -1.85. The lowest BCUT2D eigenvalue weighted by Gasteiger charge is -2.15. The fourth-order valence-corrected chi connectivity index (χ4v) is 1.50. The van der Waals surface area contributed by atoms with Crippen molar-refractivity contribution < 1.29 is 27.9 Å². The van der Waals surface area contributed by atoms with Gasteiger partial charge in [-0.1, -0.05) is 30.3 Å². The molecule has 0 radical (unpaired) electrons. The van der Waals surface area contributed by atoms with Gasteiger partial charge in [-0.25, -0.2) is 13.2 Å². The average molecular weight is 260 g/mol. The van der Waals surface area contributed by atoms with E-state index in [9.17, 15) is 22.8 Å². The number of benzene rings is 1. The van der Waals surface area contributed by atoms with Gasteiger partial charge in [0.1, 0.15) is 0 Å². The van der Waals surface area contributed by atoms with E-state index in [1.807, 2.05) is 0 Å². The van der Waals surface area contributed by atoms with Gasteiger partial charge in [0.05, 0.1) is 5.92 Å². The normalized spacial score (nSPS) is 14.2. The van der Waals surface area contributed by atoms with Crippen LogP contribution in [0.1, 0.15) is 5.56 Å². The Morgan fingerprint density at radius 2 is 1.67 bits per heavy atom. The quantitative estimate of drug-likeness (QED) is 0.852. The lowest BCUT2D eigenvalue weighted by molar-refractivity contribution is -0.150. The molecule has 1 rings (SSSR count). The second-order valence-corrected chi connectivity index (χ2v) is 3.74. The minimum Gasteiger partial charge on any atom is -0.481 e. The molecule has 18 heavy (non-hydrogen) atoms. The molecule has 0 heterocycles. The maximum absolute atomic E-state index is 13.4. The van der Waals surface area contributed by atoms with Crippen LogP contribution in [0.15, 0.2) is 30.3 Å². The van der Waals surface area contributed by atoms with Gasteiger partial charge < -0.3 is 5.11 Å². The molecule has 0 spiro atoms. The van der Waals surface area contributed by atoms with E-state index in [4.69, 9.17) is 5.11 Å². The largest absolute Gasteiger partial charge is 0.481 e. The molecule has 0 aromatic heterocycles. The van der Waals surface area contributed by atoms with Crippen LogP contribution in [-0.4, -0.2) is 29.5 Å². The maximum Gasteiger partial charge on any atom is 0.310 e. The smallest absolute Gasteiger partial charge is 0.310 e. The first kappa shape index (κ1) is 14.2. The zero-order valence-electron chi connectivity index (χ0n) is 9.22. The third-order valence-corrected chi connectivity index (χ3v) is 2.46. The Labute approximate surface area is 101 Å². The van der Waals surface area contributed by atoms with E-state index in [0.29, 0.717) is 5.56 Å². The van der Waals surface area contributed by atoms with Crippen molar-refractivity contribution in [2.45, 2.75) is 19.0 Å². The molecule has 3 nitrogen and oxygen atoms in total. The molecular formula is C12H11F3O3. The summed E-state index contributed by atoms with van der Waals surface area (Å²) < 4.78 is 37.6. The first-order chi connectivity index (χ1) is 8.43. The molecule has 2 unspecified atom stereocenters. The number of rotatable bonds is 6. The van der Waals surface area contributed by atoms with E-state index in [0.717, 1.165) is 0 Å². The summed E-state index contributed by atoms with van der Waals surface area (Å²) in [5.74, 6) is -5.40. The second kappa shape index (κ2) is 6.18. The van der Waals surface area contributed by atoms with Crippen LogP contribution >= 0.6 is 0 Å². The highest BCUT2D eigenvalue weighted by Crippen LogP contribution is 2.19. The highest BCUT2D eigenvalue weighted by molar-refractivity contribution is 5.90. The Morgan fingerprint density at radius 1 is 1.11 bits per heavy atom. The van der Waals surface area contributed by atoms with Crippen LogP contribution in [0.4, 0.5) is 13.2 Å². The summed E-state index contributed by atoms with van der Waals surface area (Å²) in [5.41, 5.74) is 0.467. The summed E-state index contributed by atoms with van der Waals surface area (Å²) in [6.07, 6.45) is -6.52. The van der Waals surface area contributed by atoms with E-state index >= 15 is 0 Å². The van der Waals surface area contributed by atoms with Crippen LogP contribution in [0.3, 0.4) is 0 Å². The van der Waals surface area contributed by atoms with Gasteiger partial charge in [-0.3, -0.25) is 9.59 Å². The van der Waals surface area contributed by atoms with Crippen LogP contribution in [0.2, 0.25) is 0 Å². The molecule has 0 amide bonds. The van der Waals surface area contributed by atoms with Crippen molar-refractivity contribution in [3.8, 4) is 0 Å². The number of hydrogen-bond acceptors (Lipinski definition) is 2. The summed E-state index contributed by atoms with van der Waals surface area (Å²) in [5, 5.41) is 8.80. The molecule has 2 atom stereocenters. The topological polar surface area (TPSA) is 54.4 Å². The van der Waals surface area contributed by atoms with Crippen LogP contribution in [0.5, 0.6) is 0 Å². The van der Waals surface area contributed by atoms with Gasteiger partial charge in [-0.2, -0.15) is 0 Å². The van der Waals surface area contributed by atoms with Gasteiger partial charge in [-0.15, -0.1) is 0 Å². The van der Waals surface area contributed by atoms with Crippen molar-refractivity contribution in [1.29, 1.82) is 0 Å². The van der Waals surface area contributed by atoms with Gasteiger partial charge in [0.25, 0.3) is 6.43 Å². The number of carboxylic acids is 1. The summed E-state index contributed by atoms with van der Waals surface area (Å²) in [6.45, 7) is 0. The molecule has 1 N–H and O–H groups in total. The molecular weight excluding hydrogens is 249 g/mol. The van der Waals surface area contributed by atoms with Crippen molar-refractivity contribution >= 4 is 11.8 Å². The van der Waals surface area contributed by atoms with Crippen LogP contribution in [0.25, 0.3) is 0 Å². The summed E-state index contributed by atoms with van der Waals surface area (Å²) in [4.78, 5) is 21.6. The molecule has 0 saturated carbocycles. The molecule has 98 valence electrons. The van der Waals surface area contributed by atoms with E-state index in [-0.39, 0.29) is 6.42 Å². The van der Waals surface area contributed by atoms with E-state index in [1.54, 1.807) is 18.2 Å². The molecule has 6 heteroatoms. The monoisotopic (exact) mass is 260 g/mol. The number of hydrogen-bond donors (Lipinski definition) is 1. The number of Topliss-reactive ketones (excluding diaryl/α,β-unsaturated/α-hetero) is 1. The van der Waals surface area contributed by atoms with Gasteiger partial charge in [0, 0.05) is 0 Å². The van der Waals surface area contributed by atoms with Gasteiger partial charge in [0.15, 0.2) is 6.17 Å². The lowest BCUT2D eigenvalue weighted by atomic mass is 9.93. The fraction of sp³-hybridized carbons (Fsp3) is 0.333. The Kier molecular flexibility index (Phi) is 4.88. The Morgan fingerprint density at radius 3 is 2.11 bits per heavy atom.